The van der Waals surface area contributed by atoms with E-state index in [0.717, 1.165) is 18.3 Å². The van der Waals surface area contributed by atoms with Crippen LogP contribution in [-0.4, -0.2) is 36.4 Å². The van der Waals surface area contributed by atoms with Gasteiger partial charge in [0.05, 0.1) is 19.3 Å². The molecule has 4 aromatic rings. The Bertz CT molecular complexity index is 1350. The van der Waals surface area contributed by atoms with Crippen molar-refractivity contribution in [2.75, 3.05) is 11.4 Å². The third kappa shape index (κ3) is 5.26. The Morgan fingerprint density at radius 3 is 2.68 bits per heavy atom. The van der Waals surface area contributed by atoms with Gasteiger partial charge in [-0.1, -0.05) is 29.8 Å². The maximum atomic E-state index is 14.8. The van der Waals surface area contributed by atoms with Crippen LogP contribution in [-0.2, 0) is 18.7 Å². The summed E-state index contributed by atoms with van der Waals surface area (Å²) in [5.41, 5.74) is -2.51. The number of nitrogens with zero attached hydrogens (tertiary/aromatic N) is 5. The molecular formula is C22H18ClF3N6O2. The third-order valence-electron chi connectivity index (χ3n) is 5.10. The smallest absolute Gasteiger partial charge is 0.346 e. The van der Waals surface area contributed by atoms with Gasteiger partial charge in [0.25, 0.3) is 0 Å². The van der Waals surface area contributed by atoms with Crippen LogP contribution in [0.4, 0.5) is 19.0 Å². The number of anilines is 1. The SMILES string of the molecule is O=c1ncc(F)c(N(Cc2cccc(Cl)c2)CC(O)(Cn2cncn2)c2ccc(F)cc2F)[nH]1. The molecule has 8 nitrogen and oxygen atoms in total. The molecule has 0 fully saturated rings. The van der Waals surface area contributed by atoms with Crippen LogP contribution in [0.2, 0.25) is 5.02 Å². The van der Waals surface area contributed by atoms with E-state index < -0.39 is 35.3 Å². The number of H-pyrrole nitrogens is 1. The first kappa shape index (κ1) is 23.5. The highest BCUT2D eigenvalue weighted by Gasteiger charge is 2.36. The van der Waals surface area contributed by atoms with Gasteiger partial charge >= 0.3 is 5.69 Å². The van der Waals surface area contributed by atoms with Crippen molar-refractivity contribution >= 4 is 17.4 Å². The molecule has 12 heteroatoms. The van der Waals surface area contributed by atoms with E-state index in [9.17, 15) is 23.1 Å². The number of rotatable bonds is 8. The number of aromatic amines is 1. The lowest BCUT2D eigenvalue weighted by atomic mass is 9.92. The summed E-state index contributed by atoms with van der Waals surface area (Å²) in [6.07, 6.45) is 3.28. The van der Waals surface area contributed by atoms with Crippen molar-refractivity contribution < 1.29 is 18.3 Å². The molecule has 0 bridgehead atoms. The second kappa shape index (κ2) is 9.65. The standard InChI is InChI=1S/C22H18ClF3N6O2/c23-15-3-1-2-14(6-15)9-31(20-19(26)8-28-21(33)30-20)10-22(34,11-32-13-27-12-29-32)17-5-4-16(24)7-18(17)25/h1-8,12-13,34H,9-11H2,(H,28,30,33). The van der Waals surface area contributed by atoms with Crippen LogP contribution >= 0.6 is 11.6 Å². The molecule has 0 saturated heterocycles. The summed E-state index contributed by atoms with van der Waals surface area (Å²) in [5, 5.41) is 16.1. The number of benzene rings is 2. The fourth-order valence-electron chi connectivity index (χ4n) is 3.65. The first-order valence-electron chi connectivity index (χ1n) is 9.98. The largest absolute Gasteiger partial charge is 0.381 e. The molecule has 0 spiro atoms. The van der Waals surface area contributed by atoms with Crippen LogP contribution in [0.5, 0.6) is 0 Å². The van der Waals surface area contributed by atoms with Crippen molar-refractivity contribution in [2.24, 2.45) is 0 Å². The number of aromatic nitrogens is 5. The van der Waals surface area contributed by atoms with E-state index in [4.69, 9.17) is 11.6 Å². The Kier molecular flexibility index (Phi) is 6.66. The zero-order valence-corrected chi connectivity index (χ0v) is 18.3. The fourth-order valence-corrected chi connectivity index (χ4v) is 3.87. The number of aliphatic hydroxyl groups is 1. The summed E-state index contributed by atoms with van der Waals surface area (Å²) in [5.74, 6) is -2.98. The molecule has 0 saturated carbocycles. The summed E-state index contributed by atoms with van der Waals surface area (Å²) in [6, 6.07) is 9.41. The first-order chi connectivity index (χ1) is 16.2. The molecule has 0 aliphatic heterocycles. The predicted molar refractivity (Wildman–Crippen MR) is 118 cm³/mol. The Hall–Kier alpha value is -3.70. The molecule has 4 rings (SSSR count). The normalized spacial score (nSPS) is 13.0. The Morgan fingerprint density at radius 1 is 1.15 bits per heavy atom. The first-order valence-corrected chi connectivity index (χ1v) is 10.4. The molecule has 176 valence electrons. The monoisotopic (exact) mass is 490 g/mol. The Morgan fingerprint density at radius 2 is 1.97 bits per heavy atom. The Balaban J connectivity index is 1.81. The quantitative estimate of drug-likeness (QED) is 0.394. The average molecular weight is 491 g/mol. The van der Waals surface area contributed by atoms with Crippen molar-refractivity contribution in [3.8, 4) is 0 Å². The second-order valence-corrected chi connectivity index (χ2v) is 8.06. The average Bonchev–Trinajstić information content (AvgIpc) is 3.27. The van der Waals surface area contributed by atoms with E-state index >= 15 is 0 Å². The van der Waals surface area contributed by atoms with Crippen molar-refractivity contribution in [3.05, 3.63) is 105 Å². The molecule has 2 aromatic heterocycles. The molecule has 0 radical (unpaired) electrons. The number of halogens is 4. The van der Waals surface area contributed by atoms with Crippen LogP contribution in [0.25, 0.3) is 0 Å². The van der Waals surface area contributed by atoms with Gasteiger partial charge in [-0.2, -0.15) is 10.1 Å². The Labute approximate surface area is 196 Å². The van der Waals surface area contributed by atoms with E-state index in [-0.39, 0.29) is 24.5 Å². The minimum Gasteiger partial charge on any atom is -0.381 e. The molecule has 0 aliphatic rings. The van der Waals surface area contributed by atoms with Gasteiger partial charge in [-0.3, -0.25) is 4.98 Å². The predicted octanol–water partition coefficient (Wildman–Crippen LogP) is 3.03. The van der Waals surface area contributed by atoms with Gasteiger partial charge in [0.15, 0.2) is 5.82 Å². The topological polar surface area (TPSA) is 99.9 Å². The van der Waals surface area contributed by atoms with Crippen molar-refractivity contribution in [2.45, 2.75) is 18.7 Å². The zero-order chi connectivity index (χ0) is 24.3. The van der Waals surface area contributed by atoms with Crippen LogP contribution in [0, 0.1) is 17.5 Å². The van der Waals surface area contributed by atoms with E-state index in [1.807, 2.05) is 0 Å². The molecule has 34 heavy (non-hydrogen) atoms. The second-order valence-electron chi connectivity index (χ2n) is 7.62. The molecule has 0 amide bonds. The van der Waals surface area contributed by atoms with Crippen LogP contribution in [0.15, 0.2) is 66.1 Å². The molecule has 1 unspecified atom stereocenters. The molecule has 1 atom stereocenters. The van der Waals surface area contributed by atoms with E-state index in [1.54, 1.807) is 24.3 Å². The van der Waals surface area contributed by atoms with Gasteiger partial charge in [-0.15, -0.1) is 0 Å². The lowest BCUT2D eigenvalue weighted by molar-refractivity contribution is 0.0179. The van der Waals surface area contributed by atoms with Crippen LogP contribution in [0.3, 0.4) is 0 Å². The minimum absolute atomic E-state index is 0.0279. The van der Waals surface area contributed by atoms with Crippen LogP contribution < -0.4 is 10.6 Å². The number of nitrogens with one attached hydrogen (secondary N) is 1. The summed E-state index contributed by atoms with van der Waals surface area (Å²) < 4.78 is 44.4. The summed E-state index contributed by atoms with van der Waals surface area (Å²) in [4.78, 5) is 22.7. The number of hydrogen-bond donors (Lipinski definition) is 2. The summed E-state index contributed by atoms with van der Waals surface area (Å²) >= 11 is 6.08. The van der Waals surface area contributed by atoms with E-state index in [1.165, 1.54) is 22.2 Å². The summed E-state index contributed by atoms with van der Waals surface area (Å²) in [7, 11) is 0. The lowest BCUT2D eigenvalue weighted by Gasteiger charge is -2.36. The molecule has 0 aliphatic carbocycles. The van der Waals surface area contributed by atoms with Crippen LogP contribution in [0.1, 0.15) is 11.1 Å². The van der Waals surface area contributed by atoms with Gasteiger partial charge in [0.1, 0.15) is 35.7 Å². The number of hydrogen-bond acceptors (Lipinski definition) is 6. The highest BCUT2D eigenvalue weighted by Crippen LogP contribution is 2.30. The van der Waals surface area contributed by atoms with Gasteiger partial charge in [-0.25, -0.2) is 27.6 Å². The fraction of sp³-hybridized carbons (Fsp3) is 0.182. The maximum absolute atomic E-state index is 14.8. The van der Waals surface area contributed by atoms with E-state index in [2.05, 4.69) is 20.1 Å². The van der Waals surface area contributed by atoms with Gasteiger partial charge in [0, 0.05) is 23.2 Å². The third-order valence-corrected chi connectivity index (χ3v) is 5.34. The minimum atomic E-state index is -2.06. The van der Waals surface area contributed by atoms with E-state index in [0.29, 0.717) is 16.7 Å². The molecule has 2 aromatic carbocycles. The lowest BCUT2D eigenvalue weighted by Crippen LogP contribution is -2.45. The van der Waals surface area contributed by atoms with Crippen molar-refractivity contribution in [3.63, 3.8) is 0 Å². The highest BCUT2D eigenvalue weighted by molar-refractivity contribution is 6.30. The molecular weight excluding hydrogens is 473 g/mol. The summed E-state index contributed by atoms with van der Waals surface area (Å²) in [6.45, 7) is -0.767. The molecule has 2 N–H and O–H groups in total. The molecule has 2 heterocycles. The van der Waals surface area contributed by atoms with Crippen molar-refractivity contribution in [1.29, 1.82) is 0 Å². The highest BCUT2D eigenvalue weighted by atomic mass is 35.5. The maximum Gasteiger partial charge on any atom is 0.346 e. The van der Waals surface area contributed by atoms with Crippen molar-refractivity contribution in [1.82, 2.24) is 24.7 Å². The van der Waals surface area contributed by atoms with Gasteiger partial charge < -0.3 is 10.0 Å². The van der Waals surface area contributed by atoms with Gasteiger partial charge in [-0.05, 0) is 23.8 Å². The zero-order valence-electron chi connectivity index (χ0n) is 17.5. The van der Waals surface area contributed by atoms with Gasteiger partial charge in [0.2, 0.25) is 0 Å².